The van der Waals surface area contributed by atoms with Crippen LogP contribution in [0.5, 0.6) is 0 Å². The summed E-state index contributed by atoms with van der Waals surface area (Å²) in [6.45, 7) is 7.22. The van der Waals surface area contributed by atoms with Gasteiger partial charge in [0.25, 0.3) is 0 Å². The van der Waals surface area contributed by atoms with Gasteiger partial charge in [0.2, 0.25) is 0 Å². The molecule has 2 nitrogen and oxygen atoms in total. The average Bonchev–Trinajstić information content (AvgIpc) is 4.07. The molecule has 0 unspecified atom stereocenters. The van der Waals surface area contributed by atoms with E-state index in [1.165, 1.54) is 109 Å². The first kappa shape index (κ1) is 43.3. The highest BCUT2D eigenvalue weighted by Crippen LogP contribution is 2.41. The minimum absolute atomic E-state index is 1.10. The SMILES string of the molecule is C[Si](C)(C)c1ccc(-c2ccc(N(c3ccc(-c4ccc5c(c4)-c4ccccc4[Si]54c5ccccc5-c5ccccc54)cc3)c3ccc(-c4ccc5c(c4)c4ccccc4n5-c4ccccc4)cc3)cc2)cc1. The monoisotopic (exact) mass is 964 g/mol. The van der Waals surface area contributed by atoms with Crippen LogP contribution in [0, 0.1) is 0 Å². The van der Waals surface area contributed by atoms with Gasteiger partial charge >= 0.3 is 0 Å². The van der Waals surface area contributed by atoms with Gasteiger partial charge in [0.05, 0.1) is 19.1 Å². The Hall–Kier alpha value is -8.55. The zero-order valence-corrected chi connectivity index (χ0v) is 43.2. The summed E-state index contributed by atoms with van der Waals surface area (Å²) >= 11 is 0. The Bertz CT molecular complexity index is 4040. The van der Waals surface area contributed by atoms with Crippen molar-refractivity contribution in [3.8, 4) is 61.3 Å². The summed E-state index contributed by atoms with van der Waals surface area (Å²) in [5, 5.41) is 10.00. The second-order valence-corrected chi connectivity index (χ2v) is 29.6. The summed E-state index contributed by atoms with van der Waals surface area (Å²) in [5.74, 6) is 0. The van der Waals surface area contributed by atoms with Crippen molar-refractivity contribution in [1.29, 1.82) is 0 Å². The smallest absolute Gasteiger partial charge is 0.182 e. The molecule has 73 heavy (non-hydrogen) atoms. The Labute approximate surface area is 429 Å². The maximum absolute atomic E-state index is 2.48. The van der Waals surface area contributed by atoms with Gasteiger partial charge in [-0.2, -0.15) is 0 Å². The lowest BCUT2D eigenvalue weighted by atomic mass is 9.98. The molecule has 0 radical (unpaired) electrons. The van der Waals surface area contributed by atoms with Crippen molar-refractivity contribution in [1.82, 2.24) is 4.57 Å². The molecule has 11 aromatic carbocycles. The Morgan fingerprint density at radius 2 is 0.712 bits per heavy atom. The lowest BCUT2D eigenvalue weighted by molar-refractivity contribution is 1.18. The Kier molecular flexibility index (Phi) is 9.94. The third-order valence-corrected chi connectivity index (χ3v) is 22.9. The molecule has 4 heteroatoms. The van der Waals surface area contributed by atoms with E-state index in [2.05, 4.69) is 290 Å². The number of benzene rings is 11. The molecule has 14 rings (SSSR count). The van der Waals surface area contributed by atoms with Gasteiger partial charge in [0, 0.05) is 33.5 Å². The number of fused-ring (bicyclic) bond motifs is 13. The summed E-state index contributed by atoms with van der Waals surface area (Å²) in [6, 6.07) is 97.9. The molecule has 1 spiro atoms. The third kappa shape index (κ3) is 6.82. The van der Waals surface area contributed by atoms with Crippen LogP contribution in [0.1, 0.15) is 0 Å². The molecular formula is C69H52N2Si2. The largest absolute Gasteiger partial charge is 0.311 e. The van der Waals surface area contributed by atoms with Crippen molar-refractivity contribution < 1.29 is 0 Å². The van der Waals surface area contributed by atoms with Gasteiger partial charge in [-0.25, -0.2) is 0 Å². The zero-order valence-electron chi connectivity index (χ0n) is 41.2. The molecule has 0 fully saturated rings. The highest BCUT2D eigenvalue weighted by Gasteiger charge is 2.53. The molecular weight excluding hydrogens is 913 g/mol. The molecule has 346 valence electrons. The normalized spacial score (nSPS) is 13.0. The van der Waals surface area contributed by atoms with Gasteiger partial charge in [0.1, 0.15) is 0 Å². The van der Waals surface area contributed by atoms with E-state index in [0.717, 1.165) is 17.1 Å². The Morgan fingerprint density at radius 1 is 0.315 bits per heavy atom. The lowest BCUT2D eigenvalue weighted by Gasteiger charge is -2.27. The van der Waals surface area contributed by atoms with Crippen LogP contribution in [0.15, 0.2) is 261 Å². The van der Waals surface area contributed by atoms with E-state index in [-0.39, 0.29) is 0 Å². The van der Waals surface area contributed by atoms with Crippen LogP contribution in [0.3, 0.4) is 0 Å². The fraction of sp³-hybridized carbons (Fsp3) is 0.0435. The molecule has 2 aliphatic rings. The van der Waals surface area contributed by atoms with Crippen LogP contribution in [0.2, 0.25) is 19.6 Å². The maximum Gasteiger partial charge on any atom is 0.182 e. The molecule has 0 atom stereocenters. The van der Waals surface area contributed by atoms with E-state index in [4.69, 9.17) is 0 Å². The predicted molar refractivity (Wildman–Crippen MR) is 316 cm³/mol. The fourth-order valence-corrected chi connectivity index (χ4v) is 19.1. The minimum atomic E-state index is -2.48. The first-order valence-electron chi connectivity index (χ1n) is 25.6. The van der Waals surface area contributed by atoms with Crippen molar-refractivity contribution in [3.05, 3.63) is 261 Å². The Morgan fingerprint density at radius 3 is 1.26 bits per heavy atom. The highest BCUT2D eigenvalue weighted by molar-refractivity contribution is 7.24. The number of para-hydroxylation sites is 2. The summed E-state index contributed by atoms with van der Waals surface area (Å²) < 4.78 is 2.38. The number of hydrogen-bond donors (Lipinski definition) is 0. The van der Waals surface area contributed by atoms with E-state index >= 15 is 0 Å². The number of nitrogens with zero attached hydrogens (tertiary/aromatic N) is 2. The summed E-state index contributed by atoms with van der Waals surface area (Å²) in [6.07, 6.45) is 0. The maximum atomic E-state index is 2.47. The van der Waals surface area contributed by atoms with E-state index < -0.39 is 16.1 Å². The second kappa shape index (κ2) is 16.8. The number of aromatic nitrogens is 1. The molecule has 3 heterocycles. The Balaban J connectivity index is 0.839. The standard InChI is InChI=1S/C69H52N2Si2/c1-72(2,3)57-41-31-48(32-42-57)47-25-35-54(36-26-47)70(55-37-27-49(28-38-55)51-33-43-65-62(45-51)58-17-7-11-21-64(58)71(65)53-15-5-4-6-16-53)56-39-29-50(30-40-56)52-34-44-69-63(46-52)61-20-10-14-24-68(61)73(69)66-22-12-8-18-59(66)60-19-9-13-23-67(60)73/h4-46H,1-3H3. The minimum Gasteiger partial charge on any atom is -0.311 e. The molecule has 0 bridgehead atoms. The fourth-order valence-electron chi connectivity index (χ4n) is 12.3. The lowest BCUT2D eigenvalue weighted by Crippen LogP contribution is -2.70. The van der Waals surface area contributed by atoms with Crippen molar-refractivity contribution in [2.24, 2.45) is 0 Å². The first-order chi connectivity index (χ1) is 35.8. The van der Waals surface area contributed by atoms with Crippen molar-refractivity contribution in [3.63, 3.8) is 0 Å². The van der Waals surface area contributed by atoms with E-state index in [1.807, 2.05) is 0 Å². The van der Waals surface area contributed by atoms with Gasteiger partial charge in [-0.15, -0.1) is 0 Å². The zero-order chi connectivity index (χ0) is 48.8. The first-order valence-corrected chi connectivity index (χ1v) is 31.1. The van der Waals surface area contributed by atoms with Gasteiger partial charge in [-0.05, 0) is 149 Å². The summed E-state index contributed by atoms with van der Waals surface area (Å²) in [4.78, 5) is 2.39. The molecule has 0 saturated heterocycles. The van der Waals surface area contributed by atoms with Crippen LogP contribution in [0.4, 0.5) is 17.1 Å². The summed E-state index contributed by atoms with van der Waals surface area (Å²) in [7, 11) is -3.88. The molecule has 12 aromatic rings. The molecule has 1 aromatic heterocycles. The number of hydrogen-bond acceptors (Lipinski definition) is 1. The van der Waals surface area contributed by atoms with Crippen molar-refractivity contribution in [2.45, 2.75) is 19.6 Å². The van der Waals surface area contributed by atoms with Gasteiger partial charge < -0.3 is 9.47 Å². The summed E-state index contributed by atoms with van der Waals surface area (Å²) in [5.41, 5.74) is 19.7. The average molecular weight is 965 g/mol. The molecule has 2 aliphatic heterocycles. The highest BCUT2D eigenvalue weighted by atomic mass is 28.3. The molecule has 0 amide bonds. The van der Waals surface area contributed by atoms with Gasteiger partial charge in [-0.3, -0.25) is 0 Å². The quantitative estimate of drug-likeness (QED) is 0.138. The van der Waals surface area contributed by atoms with Crippen molar-refractivity contribution in [2.75, 3.05) is 4.90 Å². The van der Waals surface area contributed by atoms with E-state index in [1.54, 1.807) is 0 Å². The molecule has 0 N–H and O–H groups in total. The van der Waals surface area contributed by atoms with Crippen LogP contribution in [-0.4, -0.2) is 20.7 Å². The predicted octanol–water partition coefficient (Wildman–Crippen LogP) is 15.1. The van der Waals surface area contributed by atoms with Crippen LogP contribution in [0.25, 0.3) is 83.1 Å². The van der Waals surface area contributed by atoms with Crippen LogP contribution in [-0.2, 0) is 0 Å². The number of anilines is 3. The number of rotatable bonds is 8. The van der Waals surface area contributed by atoms with Gasteiger partial charge in [0.15, 0.2) is 8.07 Å². The third-order valence-electron chi connectivity index (χ3n) is 15.8. The van der Waals surface area contributed by atoms with E-state index in [0.29, 0.717) is 0 Å². The molecule has 0 saturated carbocycles. The van der Waals surface area contributed by atoms with Gasteiger partial charge in [-0.1, -0.05) is 213 Å². The van der Waals surface area contributed by atoms with Crippen LogP contribution < -0.4 is 30.8 Å². The van der Waals surface area contributed by atoms with E-state index in [9.17, 15) is 0 Å². The van der Waals surface area contributed by atoms with Crippen LogP contribution >= 0.6 is 0 Å². The second-order valence-electron chi connectivity index (χ2n) is 20.9. The topological polar surface area (TPSA) is 8.17 Å². The molecule has 0 aliphatic carbocycles. The van der Waals surface area contributed by atoms with Crippen molar-refractivity contribution >= 4 is 80.9 Å².